The van der Waals surface area contributed by atoms with E-state index in [2.05, 4.69) is 24.4 Å². The molecule has 1 unspecified atom stereocenters. The Labute approximate surface area is 118 Å². The molecule has 1 aromatic carbocycles. The molecule has 0 fully saturated rings. The van der Waals surface area contributed by atoms with Gasteiger partial charge in [0.05, 0.1) is 12.6 Å². The summed E-state index contributed by atoms with van der Waals surface area (Å²) in [6.45, 7) is 3.41. The van der Waals surface area contributed by atoms with Crippen LogP contribution in [0.2, 0.25) is 0 Å². The fourth-order valence-corrected chi connectivity index (χ4v) is 2.33. The van der Waals surface area contributed by atoms with Crippen molar-refractivity contribution >= 4 is 0 Å². The van der Waals surface area contributed by atoms with Crippen LogP contribution in [0.1, 0.15) is 63.5 Å². The highest BCUT2D eigenvalue weighted by molar-refractivity contribution is 5.18. The minimum atomic E-state index is 0.0845. The van der Waals surface area contributed by atoms with E-state index < -0.39 is 0 Å². The summed E-state index contributed by atoms with van der Waals surface area (Å²) in [5.74, 6) is 0. The molecule has 2 heteroatoms. The molecule has 0 aromatic heterocycles. The Morgan fingerprint density at radius 2 is 1.58 bits per heavy atom. The third kappa shape index (κ3) is 7.34. The molecule has 0 bridgehead atoms. The molecule has 19 heavy (non-hydrogen) atoms. The van der Waals surface area contributed by atoms with Gasteiger partial charge in [0.25, 0.3) is 0 Å². The van der Waals surface area contributed by atoms with Crippen molar-refractivity contribution < 1.29 is 5.11 Å². The number of hydrogen-bond acceptors (Lipinski definition) is 2. The van der Waals surface area contributed by atoms with Crippen molar-refractivity contribution in [2.45, 2.75) is 57.9 Å². The Morgan fingerprint density at radius 1 is 0.947 bits per heavy atom. The van der Waals surface area contributed by atoms with Crippen LogP contribution in [0.3, 0.4) is 0 Å². The van der Waals surface area contributed by atoms with Crippen molar-refractivity contribution in [1.82, 2.24) is 5.32 Å². The lowest BCUT2D eigenvalue weighted by Crippen LogP contribution is -2.25. The lowest BCUT2D eigenvalue weighted by Gasteiger charge is -2.16. The topological polar surface area (TPSA) is 32.3 Å². The van der Waals surface area contributed by atoms with Crippen LogP contribution in [-0.4, -0.2) is 18.3 Å². The summed E-state index contributed by atoms with van der Waals surface area (Å²) < 4.78 is 0. The van der Waals surface area contributed by atoms with E-state index in [0.29, 0.717) is 0 Å². The van der Waals surface area contributed by atoms with Crippen molar-refractivity contribution in [2.24, 2.45) is 0 Å². The van der Waals surface area contributed by atoms with E-state index in [0.717, 1.165) is 6.54 Å². The summed E-state index contributed by atoms with van der Waals surface area (Å²) in [6, 6.07) is 10.3. The third-order valence-electron chi connectivity index (χ3n) is 3.56. The normalized spacial score (nSPS) is 12.5. The average Bonchev–Trinajstić information content (AvgIpc) is 2.47. The smallest absolute Gasteiger partial charge is 0.0626 e. The average molecular weight is 263 g/mol. The number of nitrogens with one attached hydrogen (secondary N) is 1. The van der Waals surface area contributed by atoms with Crippen molar-refractivity contribution in [3.05, 3.63) is 35.9 Å². The van der Waals surface area contributed by atoms with Crippen molar-refractivity contribution in [1.29, 1.82) is 0 Å². The minimum Gasteiger partial charge on any atom is -0.394 e. The van der Waals surface area contributed by atoms with Gasteiger partial charge < -0.3 is 10.4 Å². The number of hydrogen-bond donors (Lipinski definition) is 2. The van der Waals surface area contributed by atoms with E-state index >= 15 is 0 Å². The Kier molecular flexibility index (Phi) is 9.38. The molecular weight excluding hydrogens is 234 g/mol. The van der Waals surface area contributed by atoms with Crippen LogP contribution >= 0.6 is 0 Å². The van der Waals surface area contributed by atoms with Gasteiger partial charge in [-0.15, -0.1) is 0 Å². The van der Waals surface area contributed by atoms with Gasteiger partial charge in [0.2, 0.25) is 0 Å². The second kappa shape index (κ2) is 11.0. The maximum atomic E-state index is 9.42. The van der Waals surface area contributed by atoms with Crippen molar-refractivity contribution in [2.75, 3.05) is 13.2 Å². The van der Waals surface area contributed by atoms with E-state index in [1.165, 1.54) is 50.5 Å². The summed E-state index contributed by atoms with van der Waals surface area (Å²) in [4.78, 5) is 0. The first-order chi connectivity index (χ1) is 9.38. The van der Waals surface area contributed by atoms with E-state index in [1.54, 1.807) is 0 Å². The van der Waals surface area contributed by atoms with E-state index in [-0.39, 0.29) is 12.6 Å². The van der Waals surface area contributed by atoms with E-state index in [9.17, 15) is 5.11 Å². The van der Waals surface area contributed by atoms with Gasteiger partial charge >= 0.3 is 0 Å². The van der Waals surface area contributed by atoms with Crippen LogP contribution in [0.5, 0.6) is 0 Å². The summed E-state index contributed by atoms with van der Waals surface area (Å²) in [6.07, 6.45) is 9.29. The second-order valence-corrected chi connectivity index (χ2v) is 5.22. The Bertz CT molecular complexity index is 299. The standard InChI is InChI=1S/C17H29NO/c1-2-3-4-5-6-7-11-14-18-17(15-19)16-12-9-8-10-13-16/h8-10,12-13,17-19H,2-7,11,14-15H2,1H3. The van der Waals surface area contributed by atoms with Crippen LogP contribution < -0.4 is 5.32 Å². The molecule has 1 rings (SSSR count). The molecule has 0 saturated carbocycles. The first kappa shape index (κ1) is 16.2. The van der Waals surface area contributed by atoms with Crippen LogP contribution in [-0.2, 0) is 0 Å². The van der Waals surface area contributed by atoms with Gasteiger partial charge in [-0.25, -0.2) is 0 Å². The van der Waals surface area contributed by atoms with Crippen LogP contribution in [0.4, 0.5) is 0 Å². The van der Waals surface area contributed by atoms with Gasteiger partial charge in [-0.2, -0.15) is 0 Å². The van der Waals surface area contributed by atoms with E-state index in [4.69, 9.17) is 0 Å². The summed E-state index contributed by atoms with van der Waals surface area (Å²) in [5, 5.41) is 12.9. The van der Waals surface area contributed by atoms with E-state index in [1.807, 2.05) is 18.2 Å². The van der Waals surface area contributed by atoms with Crippen LogP contribution in [0.25, 0.3) is 0 Å². The van der Waals surface area contributed by atoms with Crippen molar-refractivity contribution in [3.8, 4) is 0 Å². The predicted octanol–water partition coefficient (Wildman–Crippen LogP) is 4.06. The minimum absolute atomic E-state index is 0.0845. The largest absolute Gasteiger partial charge is 0.394 e. The quantitative estimate of drug-likeness (QED) is 0.590. The molecule has 0 radical (unpaired) electrons. The maximum absolute atomic E-state index is 9.42. The first-order valence-corrected chi connectivity index (χ1v) is 7.77. The lowest BCUT2D eigenvalue weighted by molar-refractivity contribution is 0.244. The molecule has 0 heterocycles. The zero-order valence-corrected chi connectivity index (χ0v) is 12.3. The number of aliphatic hydroxyl groups excluding tert-OH is 1. The van der Waals surface area contributed by atoms with Gasteiger partial charge in [0.15, 0.2) is 0 Å². The zero-order chi connectivity index (χ0) is 13.8. The number of aliphatic hydroxyl groups is 1. The zero-order valence-electron chi connectivity index (χ0n) is 12.3. The maximum Gasteiger partial charge on any atom is 0.0626 e. The first-order valence-electron chi connectivity index (χ1n) is 7.77. The molecule has 1 atom stereocenters. The highest BCUT2D eigenvalue weighted by atomic mass is 16.3. The predicted molar refractivity (Wildman–Crippen MR) is 82.3 cm³/mol. The second-order valence-electron chi connectivity index (χ2n) is 5.22. The number of unbranched alkanes of at least 4 members (excludes halogenated alkanes) is 6. The highest BCUT2D eigenvalue weighted by Crippen LogP contribution is 2.12. The van der Waals surface area contributed by atoms with Gasteiger partial charge in [0.1, 0.15) is 0 Å². The molecule has 0 saturated heterocycles. The molecule has 0 spiro atoms. The molecule has 2 nitrogen and oxygen atoms in total. The van der Waals surface area contributed by atoms with Gasteiger partial charge in [-0.1, -0.05) is 75.8 Å². The SMILES string of the molecule is CCCCCCCCCNC(CO)c1ccccc1. The Hall–Kier alpha value is -0.860. The molecule has 0 aliphatic carbocycles. The van der Waals surface area contributed by atoms with Crippen LogP contribution in [0, 0.1) is 0 Å². The third-order valence-corrected chi connectivity index (χ3v) is 3.56. The van der Waals surface area contributed by atoms with Crippen molar-refractivity contribution in [3.63, 3.8) is 0 Å². The molecule has 0 amide bonds. The van der Waals surface area contributed by atoms with Gasteiger partial charge in [-0.05, 0) is 18.5 Å². The summed E-state index contributed by atoms with van der Waals surface area (Å²) in [7, 11) is 0. The summed E-state index contributed by atoms with van der Waals surface area (Å²) in [5.41, 5.74) is 1.17. The highest BCUT2D eigenvalue weighted by Gasteiger charge is 2.07. The monoisotopic (exact) mass is 263 g/mol. The fraction of sp³-hybridized carbons (Fsp3) is 0.647. The number of rotatable bonds is 11. The molecule has 2 N–H and O–H groups in total. The Morgan fingerprint density at radius 3 is 2.21 bits per heavy atom. The molecule has 1 aromatic rings. The number of benzene rings is 1. The molecule has 0 aliphatic rings. The lowest BCUT2D eigenvalue weighted by atomic mass is 10.1. The molecule has 0 aliphatic heterocycles. The fourth-order valence-electron chi connectivity index (χ4n) is 2.33. The Balaban J connectivity index is 2.07. The van der Waals surface area contributed by atoms with Gasteiger partial charge in [0, 0.05) is 0 Å². The summed E-state index contributed by atoms with van der Waals surface area (Å²) >= 11 is 0. The molecule has 108 valence electrons. The molecular formula is C17H29NO. The van der Waals surface area contributed by atoms with Crippen LogP contribution in [0.15, 0.2) is 30.3 Å². The van der Waals surface area contributed by atoms with Gasteiger partial charge in [-0.3, -0.25) is 0 Å².